The van der Waals surface area contributed by atoms with Gasteiger partial charge in [0.15, 0.2) is 0 Å². The summed E-state index contributed by atoms with van der Waals surface area (Å²) < 4.78 is 0. The van der Waals surface area contributed by atoms with Gasteiger partial charge in [-0.3, -0.25) is 9.59 Å². The number of rotatable bonds is 2. The molecule has 96 valence electrons. The van der Waals surface area contributed by atoms with Crippen molar-refractivity contribution in [2.75, 3.05) is 6.54 Å². The third-order valence-electron chi connectivity index (χ3n) is 4.32. The number of aliphatic carboxylic acids is 1. The Kier molecular flexibility index (Phi) is 3.15. The number of carboxylic acids is 1. The van der Waals surface area contributed by atoms with Crippen LogP contribution < -0.4 is 0 Å². The Morgan fingerprint density at radius 2 is 1.82 bits per heavy atom. The number of hydrogen-bond donors (Lipinski definition) is 1. The highest BCUT2D eigenvalue weighted by Crippen LogP contribution is 2.37. The molecule has 2 unspecified atom stereocenters. The lowest BCUT2D eigenvalue weighted by atomic mass is 9.93. The van der Waals surface area contributed by atoms with E-state index < -0.39 is 11.9 Å². The zero-order valence-corrected chi connectivity index (χ0v) is 10.6. The minimum absolute atomic E-state index is 0.0670. The van der Waals surface area contributed by atoms with Gasteiger partial charge in [0.05, 0.1) is 11.8 Å². The number of amides is 1. The summed E-state index contributed by atoms with van der Waals surface area (Å²) in [4.78, 5) is 25.5. The third kappa shape index (κ3) is 2.17. The highest BCUT2D eigenvalue weighted by Gasteiger charge is 2.44. The Bertz CT molecular complexity index is 338. The molecule has 0 spiro atoms. The number of likely N-dealkylation sites (tertiary alicyclic amines) is 1. The second-order valence-corrected chi connectivity index (χ2v) is 5.89. The van der Waals surface area contributed by atoms with Gasteiger partial charge in [0.1, 0.15) is 0 Å². The minimum Gasteiger partial charge on any atom is -0.481 e. The Hall–Kier alpha value is -1.06. The van der Waals surface area contributed by atoms with Crippen molar-refractivity contribution in [2.24, 2.45) is 11.8 Å². The number of nitrogens with zero attached hydrogens (tertiary/aromatic N) is 1. The first-order valence-corrected chi connectivity index (χ1v) is 6.48. The quantitative estimate of drug-likeness (QED) is 0.800. The Morgan fingerprint density at radius 3 is 2.35 bits per heavy atom. The second-order valence-electron chi connectivity index (χ2n) is 5.89. The van der Waals surface area contributed by atoms with Gasteiger partial charge < -0.3 is 10.0 Å². The molecule has 1 heterocycles. The van der Waals surface area contributed by atoms with E-state index in [2.05, 4.69) is 13.8 Å². The Morgan fingerprint density at radius 1 is 1.18 bits per heavy atom. The van der Waals surface area contributed by atoms with Crippen LogP contribution in [0.1, 0.15) is 46.0 Å². The van der Waals surface area contributed by atoms with Crippen molar-refractivity contribution in [1.82, 2.24) is 4.90 Å². The van der Waals surface area contributed by atoms with Crippen LogP contribution >= 0.6 is 0 Å². The first kappa shape index (κ1) is 12.4. The van der Waals surface area contributed by atoms with Gasteiger partial charge in [0.25, 0.3) is 0 Å². The van der Waals surface area contributed by atoms with Crippen LogP contribution in [0.4, 0.5) is 0 Å². The van der Waals surface area contributed by atoms with E-state index in [1.165, 1.54) is 0 Å². The van der Waals surface area contributed by atoms with Gasteiger partial charge >= 0.3 is 5.97 Å². The van der Waals surface area contributed by atoms with Gasteiger partial charge in [-0.15, -0.1) is 0 Å². The highest BCUT2D eigenvalue weighted by atomic mass is 16.4. The molecule has 2 atom stereocenters. The Balaban J connectivity index is 2.12. The Labute approximate surface area is 102 Å². The fourth-order valence-corrected chi connectivity index (χ4v) is 3.27. The minimum atomic E-state index is -0.808. The van der Waals surface area contributed by atoms with Crippen molar-refractivity contribution in [3.8, 4) is 0 Å². The van der Waals surface area contributed by atoms with Crippen LogP contribution in [-0.2, 0) is 9.59 Å². The maximum absolute atomic E-state index is 12.4. The first-order chi connectivity index (χ1) is 7.93. The monoisotopic (exact) mass is 239 g/mol. The zero-order chi connectivity index (χ0) is 12.6. The molecule has 0 aromatic rings. The van der Waals surface area contributed by atoms with Gasteiger partial charge in [0, 0.05) is 12.1 Å². The van der Waals surface area contributed by atoms with Crippen molar-refractivity contribution in [3.63, 3.8) is 0 Å². The van der Waals surface area contributed by atoms with Crippen LogP contribution in [0.3, 0.4) is 0 Å². The van der Waals surface area contributed by atoms with Crippen molar-refractivity contribution in [2.45, 2.75) is 51.5 Å². The van der Waals surface area contributed by atoms with Gasteiger partial charge in [-0.1, -0.05) is 6.42 Å². The molecule has 4 nitrogen and oxygen atoms in total. The average Bonchev–Trinajstić information content (AvgIpc) is 2.82. The molecule has 0 radical (unpaired) electrons. The lowest BCUT2D eigenvalue weighted by Gasteiger charge is -2.34. The lowest BCUT2D eigenvalue weighted by molar-refractivity contribution is -0.150. The van der Waals surface area contributed by atoms with Gasteiger partial charge in [-0.25, -0.2) is 0 Å². The van der Waals surface area contributed by atoms with E-state index in [1.54, 1.807) is 0 Å². The summed E-state index contributed by atoms with van der Waals surface area (Å²) in [5, 5.41) is 9.13. The average molecular weight is 239 g/mol. The third-order valence-corrected chi connectivity index (χ3v) is 4.32. The molecular weight excluding hydrogens is 218 g/mol. The maximum atomic E-state index is 12.4. The predicted octanol–water partition coefficient (Wildman–Crippen LogP) is 1.89. The molecule has 4 heteroatoms. The lowest BCUT2D eigenvalue weighted by Crippen LogP contribution is -2.47. The topological polar surface area (TPSA) is 57.6 Å². The summed E-state index contributed by atoms with van der Waals surface area (Å²) in [6.45, 7) is 4.93. The summed E-state index contributed by atoms with van der Waals surface area (Å²) >= 11 is 0. The molecule has 1 N–H and O–H groups in total. The van der Waals surface area contributed by atoms with E-state index in [4.69, 9.17) is 5.11 Å². The normalized spacial score (nSPS) is 31.8. The highest BCUT2D eigenvalue weighted by molar-refractivity contribution is 5.86. The van der Waals surface area contributed by atoms with Crippen LogP contribution in [0.2, 0.25) is 0 Å². The maximum Gasteiger partial charge on any atom is 0.307 e. The molecule has 17 heavy (non-hydrogen) atoms. The van der Waals surface area contributed by atoms with E-state index in [-0.39, 0.29) is 17.4 Å². The van der Waals surface area contributed by atoms with Crippen LogP contribution in [0.25, 0.3) is 0 Å². The molecule has 1 aliphatic heterocycles. The van der Waals surface area contributed by atoms with Crippen LogP contribution in [0.15, 0.2) is 0 Å². The molecule has 1 amide bonds. The summed E-state index contributed by atoms with van der Waals surface area (Å²) in [7, 11) is 0. The van der Waals surface area contributed by atoms with Crippen LogP contribution in [-0.4, -0.2) is 34.0 Å². The molecule has 0 aromatic carbocycles. The molecule has 1 aliphatic carbocycles. The number of carboxylic acid groups (broad SMARTS) is 1. The van der Waals surface area contributed by atoms with Gasteiger partial charge in [-0.05, 0) is 39.5 Å². The molecule has 0 aromatic heterocycles. The fourth-order valence-electron chi connectivity index (χ4n) is 3.27. The molecule has 0 bridgehead atoms. The molecule has 1 saturated carbocycles. The number of carbonyl (C=O) groups excluding carboxylic acids is 1. The molecule has 1 saturated heterocycles. The second kappa shape index (κ2) is 4.31. The van der Waals surface area contributed by atoms with E-state index in [1.807, 2.05) is 4.90 Å². The van der Waals surface area contributed by atoms with Gasteiger partial charge in [-0.2, -0.15) is 0 Å². The first-order valence-electron chi connectivity index (χ1n) is 6.48. The van der Waals surface area contributed by atoms with Crippen molar-refractivity contribution >= 4 is 11.9 Å². The van der Waals surface area contributed by atoms with E-state index >= 15 is 0 Å². The molecule has 2 rings (SSSR count). The van der Waals surface area contributed by atoms with Gasteiger partial charge in [0.2, 0.25) is 5.91 Å². The van der Waals surface area contributed by atoms with Crippen molar-refractivity contribution < 1.29 is 14.7 Å². The van der Waals surface area contributed by atoms with Crippen LogP contribution in [0.5, 0.6) is 0 Å². The fraction of sp³-hybridized carbons (Fsp3) is 0.846. The van der Waals surface area contributed by atoms with E-state index in [9.17, 15) is 9.59 Å². The molecular formula is C13H21NO3. The summed E-state index contributed by atoms with van der Waals surface area (Å²) in [6.07, 6.45) is 4.30. The largest absolute Gasteiger partial charge is 0.481 e. The SMILES string of the molecule is CC1(C)CCCN1C(=O)C1CCCC1C(=O)O. The number of hydrogen-bond acceptors (Lipinski definition) is 2. The summed E-state index contributed by atoms with van der Waals surface area (Å²) in [6, 6.07) is 0. The number of carbonyl (C=O) groups is 2. The standard InChI is InChI=1S/C13H21NO3/c1-13(2)7-4-8-14(13)11(15)9-5-3-6-10(9)12(16)17/h9-10H,3-8H2,1-2H3,(H,16,17). The van der Waals surface area contributed by atoms with Crippen molar-refractivity contribution in [1.29, 1.82) is 0 Å². The molecule has 2 aliphatic rings. The summed E-state index contributed by atoms with van der Waals surface area (Å²) in [5.74, 6) is -1.49. The summed E-state index contributed by atoms with van der Waals surface area (Å²) in [5.41, 5.74) is -0.0945. The van der Waals surface area contributed by atoms with Crippen LogP contribution in [0, 0.1) is 11.8 Å². The predicted molar refractivity (Wildman–Crippen MR) is 63.5 cm³/mol. The molecule has 2 fully saturated rings. The zero-order valence-electron chi connectivity index (χ0n) is 10.6. The van der Waals surface area contributed by atoms with Crippen molar-refractivity contribution in [3.05, 3.63) is 0 Å². The van der Waals surface area contributed by atoms with E-state index in [0.29, 0.717) is 6.42 Å². The smallest absolute Gasteiger partial charge is 0.307 e. The van der Waals surface area contributed by atoms with E-state index in [0.717, 1.165) is 32.2 Å².